The number of hydrogen-bond acceptors (Lipinski definition) is 3. The van der Waals surface area contributed by atoms with Crippen molar-refractivity contribution >= 4 is 39.5 Å². The van der Waals surface area contributed by atoms with Gasteiger partial charge in [-0.1, -0.05) is 18.2 Å². The van der Waals surface area contributed by atoms with E-state index in [0.717, 1.165) is 32.4 Å². The van der Waals surface area contributed by atoms with E-state index >= 15 is 0 Å². The zero-order chi connectivity index (χ0) is 11.4. The number of furan rings is 1. The Bertz CT molecular complexity index is 770. The highest BCUT2D eigenvalue weighted by molar-refractivity contribution is 8.00. The second-order valence-electron chi connectivity index (χ2n) is 4.15. The van der Waals surface area contributed by atoms with Gasteiger partial charge in [0.05, 0.1) is 5.75 Å². The van der Waals surface area contributed by atoms with Crippen molar-refractivity contribution in [3.63, 3.8) is 0 Å². The summed E-state index contributed by atoms with van der Waals surface area (Å²) >= 11 is 1.61. The van der Waals surface area contributed by atoms with Crippen molar-refractivity contribution in [2.24, 2.45) is 0 Å². The molecular formula is C14H8O2S. The largest absolute Gasteiger partial charge is 0.456 e. The van der Waals surface area contributed by atoms with Gasteiger partial charge in [0.2, 0.25) is 0 Å². The molecule has 0 atom stereocenters. The van der Waals surface area contributed by atoms with E-state index in [1.54, 1.807) is 11.8 Å². The Kier molecular flexibility index (Phi) is 1.72. The summed E-state index contributed by atoms with van der Waals surface area (Å²) in [6.07, 6.45) is 0. The Hall–Kier alpha value is -1.74. The van der Waals surface area contributed by atoms with E-state index in [4.69, 9.17) is 4.42 Å². The molecule has 0 fully saturated rings. The van der Waals surface area contributed by atoms with Crippen LogP contribution in [0.15, 0.2) is 45.7 Å². The first kappa shape index (κ1) is 9.31. The highest BCUT2D eigenvalue weighted by Crippen LogP contribution is 2.38. The lowest BCUT2D eigenvalue weighted by molar-refractivity contribution is 0.102. The summed E-state index contributed by atoms with van der Waals surface area (Å²) in [6, 6.07) is 11.9. The monoisotopic (exact) mass is 240 g/mol. The summed E-state index contributed by atoms with van der Waals surface area (Å²) in [5, 5.41) is 2.21. The average Bonchev–Trinajstić information content (AvgIpc) is 2.88. The van der Waals surface area contributed by atoms with E-state index < -0.39 is 0 Å². The zero-order valence-electron chi connectivity index (χ0n) is 8.90. The summed E-state index contributed by atoms with van der Waals surface area (Å²) in [6.45, 7) is 0. The van der Waals surface area contributed by atoms with Crippen molar-refractivity contribution in [3.8, 4) is 0 Å². The average molecular weight is 240 g/mol. The molecule has 0 unspecified atom stereocenters. The van der Waals surface area contributed by atoms with Crippen LogP contribution in [0.25, 0.3) is 21.9 Å². The van der Waals surface area contributed by atoms with Crippen LogP contribution < -0.4 is 0 Å². The molecule has 2 nitrogen and oxygen atoms in total. The Morgan fingerprint density at radius 1 is 1.06 bits per heavy atom. The van der Waals surface area contributed by atoms with Gasteiger partial charge < -0.3 is 4.42 Å². The van der Waals surface area contributed by atoms with E-state index in [9.17, 15) is 4.79 Å². The normalized spacial score (nSPS) is 14.7. The highest BCUT2D eigenvalue weighted by atomic mass is 32.2. The molecule has 1 aromatic heterocycles. The molecule has 0 spiro atoms. The lowest BCUT2D eigenvalue weighted by atomic mass is 10.1. The van der Waals surface area contributed by atoms with E-state index in [0.29, 0.717) is 5.75 Å². The first-order valence-corrected chi connectivity index (χ1v) is 6.43. The van der Waals surface area contributed by atoms with Crippen molar-refractivity contribution in [1.29, 1.82) is 0 Å². The quantitative estimate of drug-likeness (QED) is 0.597. The molecule has 1 aliphatic heterocycles. The van der Waals surface area contributed by atoms with Gasteiger partial charge in [-0.3, -0.25) is 4.79 Å². The lowest BCUT2D eigenvalue weighted by Gasteiger charge is -1.95. The first-order valence-electron chi connectivity index (χ1n) is 5.44. The Labute approximate surface area is 102 Å². The lowest BCUT2D eigenvalue weighted by Crippen LogP contribution is -1.93. The van der Waals surface area contributed by atoms with Crippen molar-refractivity contribution in [2.45, 2.75) is 4.90 Å². The number of carbonyl (C=O) groups excluding carboxylic acids is 1. The Morgan fingerprint density at radius 2 is 1.94 bits per heavy atom. The van der Waals surface area contributed by atoms with Gasteiger partial charge in [-0.2, -0.15) is 0 Å². The summed E-state index contributed by atoms with van der Waals surface area (Å²) < 4.78 is 5.76. The molecule has 3 aromatic rings. The van der Waals surface area contributed by atoms with Crippen molar-refractivity contribution in [2.75, 3.05) is 5.75 Å². The molecule has 0 saturated heterocycles. The van der Waals surface area contributed by atoms with Gasteiger partial charge in [0.25, 0.3) is 0 Å². The van der Waals surface area contributed by atoms with Gasteiger partial charge in [0.15, 0.2) is 5.78 Å². The van der Waals surface area contributed by atoms with Gasteiger partial charge in [-0.25, -0.2) is 0 Å². The molecule has 2 heterocycles. The number of para-hydroxylation sites is 1. The summed E-state index contributed by atoms with van der Waals surface area (Å²) in [5.41, 5.74) is 2.49. The maximum absolute atomic E-state index is 11.7. The topological polar surface area (TPSA) is 30.2 Å². The highest BCUT2D eigenvalue weighted by Gasteiger charge is 2.22. The van der Waals surface area contributed by atoms with Crippen LogP contribution in [-0.2, 0) is 0 Å². The maximum atomic E-state index is 11.7. The number of rotatable bonds is 0. The first-order chi connectivity index (χ1) is 8.33. The van der Waals surface area contributed by atoms with Gasteiger partial charge in [0.1, 0.15) is 11.2 Å². The van der Waals surface area contributed by atoms with Crippen LogP contribution in [0.3, 0.4) is 0 Å². The van der Waals surface area contributed by atoms with Gasteiger partial charge in [-0.05, 0) is 18.2 Å². The fraction of sp³-hybridized carbons (Fsp3) is 0.0714. The Balaban J connectivity index is 2.18. The van der Waals surface area contributed by atoms with Gasteiger partial charge in [-0.15, -0.1) is 11.8 Å². The minimum absolute atomic E-state index is 0.201. The minimum atomic E-state index is 0.201. The van der Waals surface area contributed by atoms with E-state index in [-0.39, 0.29) is 5.78 Å². The second kappa shape index (κ2) is 3.14. The summed E-state index contributed by atoms with van der Waals surface area (Å²) in [4.78, 5) is 12.7. The van der Waals surface area contributed by atoms with Crippen molar-refractivity contribution in [1.82, 2.24) is 0 Å². The number of ketones is 1. The summed E-state index contributed by atoms with van der Waals surface area (Å²) in [7, 11) is 0. The molecular weight excluding hydrogens is 232 g/mol. The molecule has 0 radical (unpaired) electrons. The predicted octanol–water partition coefficient (Wildman–Crippen LogP) is 3.87. The van der Waals surface area contributed by atoms with E-state index in [1.165, 1.54) is 0 Å². The SMILES string of the molecule is O=C1CSc2cc3c(cc21)oc1ccccc13. The third kappa shape index (κ3) is 1.20. The maximum Gasteiger partial charge on any atom is 0.174 e. The van der Waals surface area contributed by atoms with E-state index in [2.05, 4.69) is 12.1 Å². The molecule has 1 aliphatic rings. The second-order valence-corrected chi connectivity index (χ2v) is 5.17. The van der Waals surface area contributed by atoms with Gasteiger partial charge in [0, 0.05) is 21.2 Å². The van der Waals surface area contributed by atoms with Gasteiger partial charge >= 0.3 is 0 Å². The van der Waals surface area contributed by atoms with E-state index in [1.807, 2.05) is 24.3 Å². The van der Waals surface area contributed by atoms with Crippen molar-refractivity contribution in [3.05, 3.63) is 42.0 Å². The van der Waals surface area contributed by atoms with Crippen molar-refractivity contribution < 1.29 is 9.21 Å². The van der Waals surface area contributed by atoms with Crippen LogP contribution in [0, 0.1) is 0 Å². The molecule has 3 heteroatoms. The molecule has 0 bridgehead atoms. The standard InChI is InChI=1S/C14H8O2S/c15-11-7-17-14-6-9-8-3-1-2-4-12(8)16-13(9)5-10(11)14/h1-6H,7H2. The number of Topliss-reactive ketones (excluding diaryl/α,β-unsaturated/α-hetero) is 1. The molecule has 2 aromatic carbocycles. The van der Waals surface area contributed by atoms with Crippen LogP contribution in [-0.4, -0.2) is 11.5 Å². The van der Waals surface area contributed by atoms with Crippen LogP contribution >= 0.6 is 11.8 Å². The third-order valence-corrected chi connectivity index (χ3v) is 4.19. The Morgan fingerprint density at radius 3 is 2.88 bits per heavy atom. The number of benzene rings is 2. The smallest absolute Gasteiger partial charge is 0.174 e. The van der Waals surface area contributed by atoms with Crippen LogP contribution in [0.1, 0.15) is 10.4 Å². The molecule has 4 rings (SSSR count). The van der Waals surface area contributed by atoms with Crippen LogP contribution in [0.5, 0.6) is 0 Å². The molecule has 0 N–H and O–H groups in total. The molecule has 0 saturated carbocycles. The molecule has 82 valence electrons. The predicted molar refractivity (Wildman–Crippen MR) is 68.8 cm³/mol. The third-order valence-electron chi connectivity index (χ3n) is 3.14. The van der Waals surface area contributed by atoms with Crippen LogP contribution in [0.2, 0.25) is 0 Å². The molecule has 17 heavy (non-hydrogen) atoms. The number of carbonyl (C=O) groups is 1. The molecule has 0 amide bonds. The number of thioether (sulfide) groups is 1. The zero-order valence-corrected chi connectivity index (χ0v) is 9.71. The number of hydrogen-bond donors (Lipinski definition) is 0. The minimum Gasteiger partial charge on any atom is -0.456 e. The molecule has 0 aliphatic carbocycles. The van der Waals surface area contributed by atoms with Crippen LogP contribution in [0.4, 0.5) is 0 Å². The number of fused-ring (bicyclic) bond motifs is 4. The fourth-order valence-corrected chi connectivity index (χ4v) is 3.28. The summed E-state index contributed by atoms with van der Waals surface area (Å²) in [5.74, 6) is 0.757. The fourth-order valence-electron chi connectivity index (χ4n) is 2.31.